The molecule has 3 aromatic rings. The molecule has 2 aromatic heterocycles. The van der Waals surface area contributed by atoms with Crippen molar-refractivity contribution >= 4 is 50.7 Å². The fraction of sp³-hybridized carbons (Fsp3) is 0.435. The molecule has 1 aromatic carbocycles. The van der Waals surface area contributed by atoms with Crippen LogP contribution in [-0.4, -0.2) is 59.6 Å². The van der Waals surface area contributed by atoms with Crippen LogP contribution in [0.3, 0.4) is 0 Å². The lowest BCUT2D eigenvalue weighted by atomic mass is 10.1. The van der Waals surface area contributed by atoms with Crippen molar-refractivity contribution in [2.45, 2.75) is 27.3 Å². The summed E-state index contributed by atoms with van der Waals surface area (Å²) in [5, 5.41) is 2.58. The van der Waals surface area contributed by atoms with Gasteiger partial charge < -0.3 is 14.7 Å². The molecule has 0 saturated carbocycles. The van der Waals surface area contributed by atoms with Crippen molar-refractivity contribution in [3.63, 3.8) is 0 Å². The summed E-state index contributed by atoms with van der Waals surface area (Å²) in [6, 6.07) is 7.75. The van der Waals surface area contributed by atoms with Gasteiger partial charge in [0.15, 0.2) is 0 Å². The first-order valence-corrected chi connectivity index (χ1v) is 12.2. The molecule has 0 unspecified atom stereocenters. The molecule has 0 aliphatic carbocycles. The quantitative estimate of drug-likeness (QED) is 0.547. The van der Waals surface area contributed by atoms with E-state index in [9.17, 15) is 9.59 Å². The first-order chi connectivity index (χ1) is 15.4. The van der Waals surface area contributed by atoms with Gasteiger partial charge >= 0.3 is 0 Å². The minimum atomic E-state index is -0.145. The van der Waals surface area contributed by atoms with Gasteiger partial charge in [-0.15, -0.1) is 11.3 Å². The fourth-order valence-electron chi connectivity index (χ4n) is 4.18. The third kappa shape index (κ3) is 4.34. The number of thiophene rings is 1. The number of hydrogen-bond donors (Lipinski definition) is 0. The number of fused-ring (bicyclic) bond motifs is 1. The van der Waals surface area contributed by atoms with Crippen LogP contribution in [0.2, 0.25) is 5.02 Å². The molecular formula is C23H28ClN5O2S. The van der Waals surface area contributed by atoms with Gasteiger partial charge in [0.2, 0.25) is 11.9 Å². The zero-order chi connectivity index (χ0) is 22.8. The molecule has 0 bridgehead atoms. The third-order valence-electron chi connectivity index (χ3n) is 6.03. The molecule has 7 nitrogen and oxygen atoms in total. The first-order valence-electron chi connectivity index (χ1n) is 10.9. The van der Waals surface area contributed by atoms with E-state index in [0.29, 0.717) is 47.4 Å². The molecule has 32 heavy (non-hydrogen) atoms. The summed E-state index contributed by atoms with van der Waals surface area (Å²) < 4.78 is 2.14. The van der Waals surface area contributed by atoms with Gasteiger partial charge in [-0.3, -0.25) is 14.2 Å². The lowest BCUT2D eigenvalue weighted by Gasteiger charge is -2.37. The third-order valence-corrected chi connectivity index (χ3v) is 7.16. The van der Waals surface area contributed by atoms with Gasteiger partial charge in [-0.2, -0.15) is 0 Å². The SMILES string of the molecule is CCN(CC)c1nc2ccsc2c(=O)n1CC(=O)N1CCN(c2cc(Cl)ccc2C)CC1. The summed E-state index contributed by atoms with van der Waals surface area (Å²) in [7, 11) is 0. The van der Waals surface area contributed by atoms with E-state index in [-0.39, 0.29) is 18.0 Å². The Morgan fingerprint density at radius 1 is 1.16 bits per heavy atom. The molecule has 3 heterocycles. The maximum absolute atomic E-state index is 13.2. The minimum Gasteiger partial charge on any atom is -0.368 e. The molecule has 9 heteroatoms. The molecule has 0 atom stereocenters. The number of benzene rings is 1. The Labute approximate surface area is 196 Å². The van der Waals surface area contributed by atoms with E-state index in [4.69, 9.17) is 16.6 Å². The van der Waals surface area contributed by atoms with E-state index in [0.717, 1.165) is 18.8 Å². The summed E-state index contributed by atoms with van der Waals surface area (Å²) in [6.07, 6.45) is 0. The van der Waals surface area contributed by atoms with E-state index in [1.54, 1.807) is 4.57 Å². The van der Waals surface area contributed by atoms with Crippen molar-refractivity contribution in [1.82, 2.24) is 14.5 Å². The molecule has 0 radical (unpaired) electrons. The van der Waals surface area contributed by atoms with Crippen molar-refractivity contribution in [3.05, 3.63) is 50.6 Å². The van der Waals surface area contributed by atoms with Crippen LogP contribution in [0, 0.1) is 6.92 Å². The second-order valence-corrected chi connectivity index (χ2v) is 9.26. The predicted octanol–water partition coefficient (Wildman–Crippen LogP) is 3.61. The zero-order valence-electron chi connectivity index (χ0n) is 18.7. The number of halogens is 1. The van der Waals surface area contributed by atoms with Gasteiger partial charge in [-0.25, -0.2) is 4.98 Å². The van der Waals surface area contributed by atoms with Crippen LogP contribution >= 0.6 is 22.9 Å². The standard InChI is InChI=1S/C23H28ClN5O2S/c1-4-26(5-2)23-25-18-8-13-32-21(18)22(31)29(23)15-20(30)28-11-9-27(10-12-28)19-14-17(24)7-6-16(19)3/h6-8,13-14H,4-5,9-12,15H2,1-3H3. The molecule has 0 N–H and O–H groups in total. The molecule has 4 rings (SSSR count). The zero-order valence-corrected chi connectivity index (χ0v) is 20.2. The number of amides is 1. The van der Waals surface area contributed by atoms with E-state index in [1.165, 1.54) is 16.9 Å². The second-order valence-electron chi connectivity index (χ2n) is 7.91. The lowest BCUT2D eigenvalue weighted by Crippen LogP contribution is -2.50. The number of anilines is 2. The van der Waals surface area contributed by atoms with E-state index >= 15 is 0 Å². The smallest absolute Gasteiger partial charge is 0.273 e. The van der Waals surface area contributed by atoms with E-state index in [2.05, 4.69) is 11.8 Å². The Hall–Kier alpha value is -2.58. The minimum absolute atomic E-state index is 0.00169. The van der Waals surface area contributed by atoms with Crippen LogP contribution in [0.4, 0.5) is 11.6 Å². The molecule has 1 fully saturated rings. The average Bonchev–Trinajstić information content (AvgIpc) is 3.27. The number of carbonyl (C=O) groups excluding carboxylic acids is 1. The van der Waals surface area contributed by atoms with E-state index < -0.39 is 0 Å². The Morgan fingerprint density at radius 2 is 1.88 bits per heavy atom. The first kappa shape index (κ1) is 22.6. The highest BCUT2D eigenvalue weighted by Gasteiger charge is 2.25. The Kier molecular flexibility index (Phi) is 6.71. The molecule has 170 valence electrons. The van der Waals surface area contributed by atoms with Crippen LogP contribution < -0.4 is 15.4 Å². The highest BCUT2D eigenvalue weighted by Crippen LogP contribution is 2.25. The van der Waals surface area contributed by atoms with Crippen LogP contribution in [0.15, 0.2) is 34.4 Å². The number of aromatic nitrogens is 2. The van der Waals surface area contributed by atoms with E-state index in [1.807, 2.05) is 53.3 Å². The monoisotopic (exact) mass is 473 g/mol. The maximum Gasteiger partial charge on any atom is 0.273 e. The number of nitrogens with zero attached hydrogens (tertiary/aromatic N) is 5. The average molecular weight is 474 g/mol. The van der Waals surface area contributed by atoms with Crippen LogP contribution in [-0.2, 0) is 11.3 Å². The fourth-order valence-corrected chi connectivity index (χ4v) is 5.12. The molecule has 1 saturated heterocycles. The van der Waals surface area contributed by atoms with Crippen LogP contribution in [0.25, 0.3) is 10.2 Å². The summed E-state index contributed by atoms with van der Waals surface area (Å²) in [6.45, 7) is 10.2. The molecule has 1 aliphatic heterocycles. The Bertz CT molecular complexity index is 1180. The van der Waals surface area contributed by atoms with Crippen molar-refractivity contribution in [1.29, 1.82) is 0 Å². The molecular weight excluding hydrogens is 446 g/mol. The maximum atomic E-state index is 13.2. The Morgan fingerprint density at radius 3 is 2.56 bits per heavy atom. The topological polar surface area (TPSA) is 61.7 Å². The Balaban J connectivity index is 1.53. The van der Waals surface area contributed by atoms with Gasteiger partial charge in [0.25, 0.3) is 5.56 Å². The summed E-state index contributed by atoms with van der Waals surface area (Å²) in [5.74, 6) is 0.508. The number of carbonyl (C=O) groups is 1. The normalized spacial score (nSPS) is 14.2. The number of aryl methyl sites for hydroxylation is 1. The van der Waals surface area contributed by atoms with Crippen molar-refractivity contribution in [2.75, 3.05) is 49.1 Å². The van der Waals surface area contributed by atoms with Crippen LogP contribution in [0.1, 0.15) is 19.4 Å². The number of rotatable bonds is 6. The highest BCUT2D eigenvalue weighted by atomic mass is 35.5. The molecule has 1 aliphatic rings. The lowest BCUT2D eigenvalue weighted by molar-refractivity contribution is -0.132. The summed E-state index contributed by atoms with van der Waals surface area (Å²) in [4.78, 5) is 37.2. The number of hydrogen-bond acceptors (Lipinski definition) is 6. The number of piperazine rings is 1. The largest absolute Gasteiger partial charge is 0.368 e. The van der Waals surface area contributed by atoms with Crippen LogP contribution in [0.5, 0.6) is 0 Å². The predicted molar refractivity (Wildman–Crippen MR) is 132 cm³/mol. The van der Waals surface area contributed by atoms with Gasteiger partial charge in [0, 0.05) is 50.0 Å². The van der Waals surface area contributed by atoms with Crippen molar-refractivity contribution < 1.29 is 4.79 Å². The summed E-state index contributed by atoms with van der Waals surface area (Å²) >= 11 is 7.56. The highest BCUT2D eigenvalue weighted by molar-refractivity contribution is 7.17. The van der Waals surface area contributed by atoms with Crippen molar-refractivity contribution in [2.24, 2.45) is 0 Å². The van der Waals surface area contributed by atoms with Gasteiger partial charge in [0.1, 0.15) is 11.2 Å². The molecule has 1 amide bonds. The van der Waals surface area contributed by atoms with Gasteiger partial charge in [-0.05, 0) is 49.9 Å². The summed E-state index contributed by atoms with van der Waals surface area (Å²) in [5.41, 5.74) is 2.82. The second kappa shape index (κ2) is 9.50. The molecule has 0 spiro atoms. The van der Waals surface area contributed by atoms with Gasteiger partial charge in [-0.1, -0.05) is 17.7 Å². The van der Waals surface area contributed by atoms with Gasteiger partial charge in [0.05, 0.1) is 5.52 Å². The van der Waals surface area contributed by atoms with Crippen molar-refractivity contribution in [3.8, 4) is 0 Å².